The zero-order valence-corrected chi connectivity index (χ0v) is 13.8. The van der Waals surface area contributed by atoms with E-state index in [0.717, 1.165) is 16.1 Å². The first-order chi connectivity index (χ1) is 10.1. The summed E-state index contributed by atoms with van der Waals surface area (Å²) in [6, 6.07) is 3.48. The van der Waals surface area contributed by atoms with Gasteiger partial charge in [-0.3, -0.25) is 4.79 Å². The van der Waals surface area contributed by atoms with Gasteiger partial charge in [0.2, 0.25) is 5.12 Å². The van der Waals surface area contributed by atoms with Crippen molar-refractivity contribution in [3.8, 4) is 17.2 Å². The van der Waals surface area contributed by atoms with E-state index in [0.29, 0.717) is 28.5 Å². The molecule has 0 bridgehead atoms. The van der Waals surface area contributed by atoms with Crippen molar-refractivity contribution >= 4 is 39.1 Å². The van der Waals surface area contributed by atoms with Gasteiger partial charge in [-0.05, 0) is 30.2 Å². The molecule has 0 saturated heterocycles. The summed E-state index contributed by atoms with van der Waals surface area (Å²) in [5, 5.41) is -0.0730. The normalized spacial score (nSPS) is 16.1. The molecule has 0 unspecified atom stereocenters. The van der Waals surface area contributed by atoms with Crippen LogP contribution in [0.15, 0.2) is 22.8 Å². The Balaban J connectivity index is 2.48. The number of methoxy groups -OCH3 is 3. The molecule has 5 nitrogen and oxygen atoms in total. The van der Waals surface area contributed by atoms with Crippen molar-refractivity contribution < 1.29 is 19.0 Å². The van der Waals surface area contributed by atoms with Gasteiger partial charge in [0.15, 0.2) is 11.5 Å². The Kier molecular flexibility index (Phi) is 5.19. The largest absolute Gasteiger partial charge is 0.496 e. The highest BCUT2D eigenvalue weighted by Crippen LogP contribution is 2.37. The first-order valence-corrected chi connectivity index (χ1v) is 8.03. The SMILES string of the molecule is COc1cc(OC)c(OC)cc1C=C1N=C(SC)SC1=O. The van der Waals surface area contributed by atoms with Gasteiger partial charge in [0.05, 0.1) is 21.3 Å². The van der Waals surface area contributed by atoms with Crippen LogP contribution in [0.1, 0.15) is 5.56 Å². The molecule has 21 heavy (non-hydrogen) atoms. The predicted octanol–water partition coefficient (Wildman–Crippen LogP) is 3.05. The summed E-state index contributed by atoms with van der Waals surface area (Å²) in [6.07, 6.45) is 3.58. The Hall–Kier alpha value is -1.60. The number of hydrogen-bond donors (Lipinski definition) is 0. The van der Waals surface area contributed by atoms with E-state index in [2.05, 4.69) is 4.99 Å². The van der Waals surface area contributed by atoms with Crippen LogP contribution in [0.2, 0.25) is 0 Å². The number of rotatable bonds is 4. The van der Waals surface area contributed by atoms with Crippen LogP contribution in [-0.2, 0) is 4.79 Å². The van der Waals surface area contributed by atoms with Crippen LogP contribution in [-0.4, -0.2) is 37.1 Å². The molecule has 0 N–H and O–H groups in total. The van der Waals surface area contributed by atoms with Gasteiger partial charge in [-0.2, -0.15) is 0 Å². The van der Waals surface area contributed by atoms with Gasteiger partial charge < -0.3 is 14.2 Å². The molecular weight excluding hydrogens is 310 g/mol. The number of nitrogens with zero attached hydrogens (tertiary/aromatic N) is 1. The van der Waals surface area contributed by atoms with Gasteiger partial charge in [0.25, 0.3) is 0 Å². The second kappa shape index (κ2) is 6.91. The molecule has 0 aliphatic carbocycles. The molecule has 1 aromatic rings. The Morgan fingerprint density at radius 2 is 1.71 bits per heavy atom. The van der Waals surface area contributed by atoms with Crippen molar-refractivity contribution in [3.05, 3.63) is 23.4 Å². The van der Waals surface area contributed by atoms with Crippen LogP contribution in [0.3, 0.4) is 0 Å². The number of thioether (sulfide) groups is 2. The standard InChI is InChI=1S/C14H15NO4S2/c1-17-10-7-12(19-3)11(18-2)6-8(10)5-9-13(16)21-14(15-9)20-4/h5-7H,1-4H3. The highest BCUT2D eigenvalue weighted by molar-refractivity contribution is 8.45. The molecule has 0 amide bonds. The third-order valence-electron chi connectivity index (χ3n) is 2.80. The number of carbonyl (C=O) groups excluding carboxylic acids is 1. The summed E-state index contributed by atoms with van der Waals surface area (Å²) < 4.78 is 16.6. The molecule has 112 valence electrons. The van der Waals surface area contributed by atoms with Crippen molar-refractivity contribution in [2.75, 3.05) is 27.6 Å². The summed E-state index contributed by atoms with van der Waals surface area (Å²) in [4.78, 5) is 16.2. The molecule has 0 fully saturated rings. The van der Waals surface area contributed by atoms with E-state index in [1.54, 1.807) is 39.5 Å². The summed E-state index contributed by atoms with van der Waals surface area (Å²) in [7, 11) is 4.68. The lowest BCUT2D eigenvalue weighted by molar-refractivity contribution is -0.107. The van der Waals surface area contributed by atoms with E-state index in [9.17, 15) is 4.79 Å². The predicted molar refractivity (Wildman–Crippen MR) is 87.6 cm³/mol. The van der Waals surface area contributed by atoms with Crippen LogP contribution < -0.4 is 14.2 Å². The molecule has 1 aliphatic rings. The maximum absolute atomic E-state index is 11.9. The number of hydrogen-bond acceptors (Lipinski definition) is 7. The molecule has 0 atom stereocenters. The molecule has 1 aliphatic heterocycles. The van der Waals surface area contributed by atoms with E-state index in [4.69, 9.17) is 14.2 Å². The Bertz CT molecular complexity index is 626. The van der Waals surface area contributed by atoms with Gasteiger partial charge in [0, 0.05) is 11.6 Å². The van der Waals surface area contributed by atoms with Gasteiger partial charge in [0.1, 0.15) is 15.8 Å². The average Bonchev–Trinajstić information content (AvgIpc) is 2.87. The van der Waals surface area contributed by atoms with Gasteiger partial charge in [-0.15, -0.1) is 11.8 Å². The molecule has 0 radical (unpaired) electrons. The van der Waals surface area contributed by atoms with Crippen molar-refractivity contribution in [3.63, 3.8) is 0 Å². The van der Waals surface area contributed by atoms with E-state index >= 15 is 0 Å². The van der Waals surface area contributed by atoms with E-state index in [1.807, 2.05) is 6.26 Å². The zero-order chi connectivity index (χ0) is 15.4. The van der Waals surface area contributed by atoms with Gasteiger partial charge in [-0.25, -0.2) is 4.99 Å². The minimum atomic E-state index is -0.0730. The maximum Gasteiger partial charge on any atom is 0.244 e. The van der Waals surface area contributed by atoms with Crippen LogP contribution in [0.4, 0.5) is 0 Å². The summed E-state index contributed by atoms with van der Waals surface area (Å²) in [5.74, 6) is 1.72. The highest BCUT2D eigenvalue weighted by atomic mass is 32.2. The summed E-state index contributed by atoms with van der Waals surface area (Å²) in [5.41, 5.74) is 1.11. The maximum atomic E-state index is 11.9. The van der Waals surface area contributed by atoms with Crippen molar-refractivity contribution in [1.29, 1.82) is 0 Å². The molecule has 7 heteroatoms. The highest BCUT2D eigenvalue weighted by Gasteiger charge is 2.22. The van der Waals surface area contributed by atoms with E-state index in [-0.39, 0.29) is 5.12 Å². The van der Waals surface area contributed by atoms with Crippen molar-refractivity contribution in [2.45, 2.75) is 0 Å². The lowest BCUT2D eigenvalue weighted by Crippen LogP contribution is -1.95. The Morgan fingerprint density at radius 3 is 2.24 bits per heavy atom. The second-order valence-corrected chi connectivity index (χ2v) is 5.97. The molecule has 0 saturated carbocycles. The van der Waals surface area contributed by atoms with E-state index < -0.39 is 0 Å². The summed E-state index contributed by atoms with van der Waals surface area (Å²) >= 11 is 2.58. The summed E-state index contributed by atoms with van der Waals surface area (Å²) in [6.45, 7) is 0. The zero-order valence-electron chi connectivity index (χ0n) is 12.1. The van der Waals surface area contributed by atoms with Crippen LogP contribution in [0.25, 0.3) is 6.08 Å². The lowest BCUT2D eigenvalue weighted by Gasteiger charge is -2.12. The van der Waals surface area contributed by atoms with Crippen LogP contribution >= 0.6 is 23.5 Å². The number of ether oxygens (including phenoxy) is 3. The minimum Gasteiger partial charge on any atom is -0.496 e. The second-order valence-electron chi connectivity index (χ2n) is 3.95. The number of carbonyl (C=O) groups is 1. The Morgan fingerprint density at radius 1 is 1.10 bits per heavy atom. The lowest BCUT2D eigenvalue weighted by atomic mass is 10.1. The van der Waals surface area contributed by atoms with E-state index in [1.165, 1.54) is 11.8 Å². The van der Waals surface area contributed by atoms with Crippen molar-refractivity contribution in [1.82, 2.24) is 0 Å². The quantitative estimate of drug-likeness (QED) is 0.793. The molecular formula is C14H15NO4S2. The molecule has 1 heterocycles. The van der Waals surface area contributed by atoms with Crippen LogP contribution in [0, 0.1) is 0 Å². The number of aliphatic imine (C=N–C) groups is 1. The first-order valence-electron chi connectivity index (χ1n) is 5.99. The fraction of sp³-hybridized carbons (Fsp3) is 0.286. The Labute approximate surface area is 131 Å². The minimum absolute atomic E-state index is 0.0730. The molecule has 0 spiro atoms. The third-order valence-corrected chi connectivity index (χ3v) is 4.65. The monoisotopic (exact) mass is 325 g/mol. The van der Waals surface area contributed by atoms with Gasteiger partial charge in [-0.1, -0.05) is 0 Å². The third kappa shape index (κ3) is 3.36. The van der Waals surface area contributed by atoms with Crippen LogP contribution in [0.5, 0.6) is 17.2 Å². The molecule has 1 aromatic carbocycles. The molecule has 2 rings (SSSR count). The van der Waals surface area contributed by atoms with Crippen molar-refractivity contribution in [2.24, 2.45) is 4.99 Å². The fourth-order valence-electron chi connectivity index (χ4n) is 1.79. The average molecular weight is 325 g/mol. The molecule has 0 aromatic heterocycles. The smallest absolute Gasteiger partial charge is 0.244 e. The van der Waals surface area contributed by atoms with Gasteiger partial charge >= 0.3 is 0 Å². The number of benzene rings is 1. The fourth-order valence-corrected chi connectivity index (χ4v) is 3.05. The first kappa shape index (κ1) is 15.8. The topological polar surface area (TPSA) is 57.1 Å².